The molecule has 0 aromatic heterocycles. The molecular formula is C15H28N2O3. The van der Waals surface area contributed by atoms with Crippen LogP contribution in [-0.4, -0.2) is 41.1 Å². The van der Waals surface area contributed by atoms with Gasteiger partial charge < -0.3 is 15.3 Å². The van der Waals surface area contributed by atoms with Crippen molar-refractivity contribution in [2.45, 2.75) is 65.3 Å². The monoisotopic (exact) mass is 284 g/mol. The maximum Gasteiger partial charge on any atom is 0.317 e. The summed E-state index contributed by atoms with van der Waals surface area (Å²) >= 11 is 0. The molecule has 0 bridgehead atoms. The molecule has 0 aliphatic carbocycles. The first-order valence-electron chi connectivity index (χ1n) is 7.68. The lowest BCUT2D eigenvalue weighted by Gasteiger charge is -2.36. The molecule has 1 aliphatic rings. The van der Waals surface area contributed by atoms with Gasteiger partial charge in [0.15, 0.2) is 0 Å². The van der Waals surface area contributed by atoms with Gasteiger partial charge in [0.25, 0.3) is 0 Å². The van der Waals surface area contributed by atoms with Crippen LogP contribution in [0.3, 0.4) is 0 Å². The highest BCUT2D eigenvalue weighted by Crippen LogP contribution is 2.30. The van der Waals surface area contributed by atoms with Crippen LogP contribution in [0.4, 0.5) is 4.79 Å². The smallest absolute Gasteiger partial charge is 0.317 e. The Balaban J connectivity index is 2.34. The number of piperidine rings is 1. The van der Waals surface area contributed by atoms with E-state index in [4.69, 9.17) is 5.11 Å². The summed E-state index contributed by atoms with van der Waals surface area (Å²) in [7, 11) is 0. The van der Waals surface area contributed by atoms with Crippen LogP contribution in [0.5, 0.6) is 0 Å². The predicted molar refractivity (Wildman–Crippen MR) is 78.7 cm³/mol. The number of carboxylic acids is 1. The Hall–Kier alpha value is -1.26. The zero-order valence-corrected chi connectivity index (χ0v) is 12.9. The van der Waals surface area contributed by atoms with Gasteiger partial charge in [0.2, 0.25) is 0 Å². The van der Waals surface area contributed by atoms with E-state index < -0.39 is 11.4 Å². The number of unbranched alkanes of at least 4 members (excludes halogenated alkanes) is 2. The summed E-state index contributed by atoms with van der Waals surface area (Å²) in [5.74, 6) is -0.759. The fraction of sp³-hybridized carbons (Fsp3) is 0.867. The van der Waals surface area contributed by atoms with Gasteiger partial charge in [0, 0.05) is 19.1 Å². The number of hydrogen-bond donors (Lipinski definition) is 2. The average molecular weight is 284 g/mol. The summed E-state index contributed by atoms with van der Waals surface area (Å²) in [6.07, 6.45) is 5.57. The molecule has 1 rings (SSSR count). The van der Waals surface area contributed by atoms with Crippen molar-refractivity contribution in [3.63, 3.8) is 0 Å². The number of carbonyl (C=O) groups excluding carboxylic acids is 1. The van der Waals surface area contributed by atoms with Gasteiger partial charge in [-0.25, -0.2) is 4.79 Å². The molecule has 5 heteroatoms. The molecule has 1 saturated heterocycles. The molecule has 0 aromatic carbocycles. The minimum atomic E-state index is -0.759. The number of nitrogens with one attached hydrogen (secondary N) is 1. The molecule has 1 unspecified atom stereocenters. The van der Waals surface area contributed by atoms with Crippen molar-refractivity contribution in [1.29, 1.82) is 0 Å². The number of carbonyl (C=O) groups is 2. The Bertz CT molecular complexity index is 336. The molecule has 0 aromatic rings. The third-order valence-corrected chi connectivity index (χ3v) is 4.28. The fourth-order valence-electron chi connectivity index (χ4n) is 2.49. The Labute approximate surface area is 121 Å². The minimum Gasteiger partial charge on any atom is -0.481 e. The lowest BCUT2D eigenvalue weighted by atomic mass is 9.80. The van der Waals surface area contributed by atoms with E-state index in [1.807, 2.05) is 6.92 Å². The first-order chi connectivity index (χ1) is 9.39. The Morgan fingerprint density at radius 3 is 2.40 bits per heavy atom. The average Bonchev–Trinajstić information content (AvgIpc) is 2.39. The highest BCUT2D eigenvalue weighted by Gasteiger charge is 2.38. The molecule has 116 valence electrons. The molecule has 5 nitrogen and oxygen atoms in total. The van der Waals surface area contributed by atoms with Crippen LogP contribution in [0.2, 0.25) is 0 Å². The van der Waals surface area contributed by atoms with Crippen LogP contribution in [0.15, 0.2) is 0 Å². The second kappa shape index (κ2) is 7.50. The number of urea groups is 1. The standard InChI is InChI=1S/C15H28N2O3/c1-4-5-6-7-12(2)16-14(20)17-10-8-15(3,9-11-17)13(18)19/h12H,4-11H2,1-3H3,(H,16,20)(H,18,19). The van der Waals surface area contributed by atoms with Crippen molar-refractivity contribution in [1.82, 2.24) is 10.2 Å². The summed E-state index contributed by atoms with van der Waals surface area (Å²) in [5.41, 5.74) is -0.677. The van der Waals surface area contributed by atoms with Crippen molar-refractivity contribution in [3.8, 4) is 0 Å². The summed E-state index contributed by atoms with van der Waals surface area (Å²) in [5, 5.41) is 12.2. The highest BCUT2D eigenvalue weighted by atomic mass is 16.4. The number of rotatable bonds is 6. The van der Waals surface area contributed by atoms with E-state index in [1.165, 1.54) is 12.8 Å². The second-order valence-electron chi connectivity index (χ2n) is 6.20. The van der Waals surface area contributed by atoms with Gasteiger partial charge in [-0.3, -0.25) is 4.79 Å². The number of aliphatic carboxylic acids is 1. The van der Waals surface area contributed by atoms with E-state index in [0.717, 1.165) is 12.8 Å². The predicted octanol–water partition coefficient (Wildman–Crippen LogP) is 2.85. The van der Waals surface area contributed by atoms with Crippen molar-refractivity contribution in [3.05, 3.63) is 0 Å². The van der Waals surface area contributed by atoms with Crippen molar-refractivity contribution >= 4 is 12.0 Å². The van der Waals surface area contributed by atoms with E-state index in [2.05, 4.69) is 12.2 Å². The SMILES string of the molecule is CCCCCC(C)NC(=O)N1CCC(C)(C(=O)O)CC1. The quantitative estimate of drug-likeness (QED) is 0.737. The molecule has 0 radical (unpaired) electrons. The normalized spacial score (nSPS) is 19.4. The van der Waals surface area contributed by atoms with Crippen LogP contribution in [-0.2, 0) is 4.79 Å². The van der Waals surface area contributed by atoms with Gasteiger partial charge in [-0.1, -0.05) is 26.2 Å². The van der Waals surface area contributed by atoms with Crippen LogP contribution in [0.1, 0.15) is 59.3 Å². The lowest BCUT2D eigenvalue weighted by molar-refractivity contribution is -0.150. The third kappa shape index (κ3) is 4.69. The van der Waals surface area contributed by atoms with E-state index in [9.17, 15) is 9.59 Å². The van der Waals surface area contributed by atoms with E-state index >= 15 is 0 Å². The molecule has 20 heavy (non-hydrogen) atoms. The topological polar surface area (TPSA) is 69.6 Å². The summed E-state index contributed by atoms with van der Waals surface area (Å²) in [4.78, 5) is 25.0. The number of amides is 2. The van der Waals surface area contributed by atoms with Crippen LogP contribution in [0, 0.1) is 5.41 Å². The maximum absolute atomic E-state index is 12.1. The van der Waals surface area contributed by atoms with Gasteiger partial charge in [-0.05, 0) is 33.1 Å². The Morgan fingerprint density at radius 1 is 1.30 bits per heavy atom. The van der Waals surface area contributed by atoms with Crippen LogP contribution >= 0.6 is 0 Å². The molecule has 1 heterocycles. The highest BCUT2D eigenvalue weighted by molar-refractivity contribution is 5.77. The second-order valence-corrected chi connectivity index (χ2v) is 6.20. The summed E-state index contributed by atoms with van der Waals surface area (Å²) < 4.78 is 0. The fourth-order valence-corrected chi connectivity index (χ4v) is 2.49. The molecular weight excluding hydrogens is 256 g/mol. The Kier molecular flexibility index (Phi) is 6.30. The zero-order valence-electron chi connectivity index (χ0n) is 12.9. The Morgan fingerprint density at radius 2 is 1.90 bits per heavy atom. The van der Waals surface area contributed by atoms with Crippen LogP contribution < -0.4 is 5.32 Å². The molecule has 0 spiro atoms. The van der Waals surface area contributed by atoms with Crippen molar-refractivity contribution in [2.24, 2.45) is 5.41 Å². The number of nitrogens with zero attached hydrogens (tertiary/aromatic N) is 1. The van der Waals surface area contributed by atoms with Crippen molar-refractivity contribution in [2.75, 3.05) is 13.1 Å². The van der Waals surface area contributed by atoms with Gasteiger partial charge >= 0.3 is 12.0 Å². The summed E-state index contributed by atoms with van der Waals surface area (Å²) in [6.45, 7) is 7.00. The van der Waals surface area contributed by atoms with Crippen molar-refractivity contribution < 1.29 is 14.7 Å². The number of likely N-dealkylation sites (tertiary alicyclic amines) is 1. The molecule has 2 amide bonds. The maximum atomic E-state index is 12.1. The molecule has 1 aliphatic heterocycles. The van der Waals surface area contributed by atoms with Gasteiger partial charge in [-0.2, -0.15) is 0 Å². The minimum absolute atomic E-state index is 0.0542. The first kappa shape index (κ1) is 16.8. The summed E-state index contributed by atoms with van der Waals surface area (Å²) in [6, 6.07) is 0.128. The third-order valence-electron chi connectivity index (χ3n) is 4.28. The molecule has 1 atom stereocenters. The molecule has 0 saturated carbocycles. The first-order valence-corrected chi connectivity index (χ1v) is 7.68. The lowest BCUT2D eigenvalue weighted by Crippen LogP contribution is -2.50. The van der Waals surface area contributed by atoms with Gasteiger partial charge in [0.1, 0.15) is 0 Å². The number of hydrogen-bond acceptors (Lipinski definition) is 2. The van der Waals surface area contributed by atoms with Gasteiger partial charge in [-0.15, -0.1) is 0 Å². The van der Waals surface area contributed by atoms with E-state index in [-0.39, 0.29) is 12.1 Å². The van der Waals surface area contributed by atoms with Crippen LogP contribution in [0.25, 0.3) is 0 Å². The number of carboxylic acid groups (broad SMARTS) is 1. The largest absolute Gasteiger partial charge is 0.481 e. The molecule has 2 N–H and O–H groups in total. The molecule has 1 fully saturated rings. The zero-order chi connectivity index (χ0) is 15.2. The van der Waals surface area contributed by atoms with E-state index in [1.54, 1.807) is 11.8 Å². The van der Waals surface area contributed by atoms with E-state index in [0.29, 0.717) is 25.9 Å². The van der Waals surface area contributed by atoms with Gasteiger partial charge in [0.05, 0.1) is 5.41 Å².